The van der Waals surface area contributed by atoms with Crippen LogP contribution in [0.3, 0.4) is 0 Å². The zero-order chi connectivity index (χ0) is 14.1. The van der Waals surface area contributed by atoms with Crippen LogP contribution in [0.15, 0.2) is 12.2 Å². The summed E-state index contributed by atoms with van der Waals surface area (Å²) in [4.78, 5) is 26.0. The van der Waals surface area contributed by atoms with Gasteiger partial charge in [-0.25, -0.2) is 0 Å². The number of carboxylic acid groups (broad SMARTS) is 1. The smallest absolute Gasteiger partial charge is 0.307 e. The van der Waals surface area contributed by atoms with Crippen molar-refractivity contribution >= 4 is 11.9 Å². The van der Waals surface area contributed by atoms with Crippen LogP contribution in [-0.4, -0.2) is 47.2 Å². The maximum absolute atomic E-state index is 12.8. The molecule has 3 rings (SSSR count). The Morgan fingerprint density at radius 1 is 1.15 bits per heavy atom. The first-order chi connectivity index (χ1) is 9.68. The molecule has 5 nitrogen and oxygen atoms in total. The largest absolute Gasteiger partial charge is 0.481 e. The second kappa shape index (κ2) is 5.56. The van der Waals surface area contributed by atoms with Gasteiger partial charge in [0.2, 0.25) is 5.91 Å². The summed E-state index contributed by atoms with van der Waals surface area (Å²) < 4.78 is 5.72. The van der Waals surface area contributed by atoms with E-state index in [2.05, 4.69) is 0 Å². The fraction of sp³-hybridized carbons (Fsp3) is 0.733. The van der Waals surface area contributed by atoms with E-state index in [1.54, 1.807) is 0 Å². The number of morpholine rings is 1. The molecule has 20 heavy (non-hydrogen) atoms. The predicted molar refractivity (Wildman–Crippen MR) is 72.1 cm³/mol. The van der Waals surface area contributed by atoms with Crippen LogP contribution in [-0.2, 0) is 14.3 Å². The number of ether oxygens (including phenoxy) is 1. The Labute approximate surface area is 118 Å². The highest BCUT2D eigenvalue weighted by Crippen LogP contribution is 2.34. The standard InChI is InChI=1S/C15H21NO4/c17-14(10-4-1-2-5-11(10)15(18)19)16-8-9-20-13-7-3-6-12(13)16/h1-2,10-13H,3-9H2,(H,18,19)/t10-,11+,12?,13?/m1/s1. The zero-order valence-corrected chi connectivity index (χ0v) is 11.5. The molecule has 1 saturated carbocycles. The summed E-state index contributed by atoms with van der Waals surface area (Å²) in [5.74, 6) is -1.82. The molecule has 0 bridgehead atoms. The van der Waals surface area contributed by atoms with Gasteiger partial charge in [-0.3, -0.25) is 9.59 Å². The summed E-state index contributed by atoms with van der Waals surface area (Å²) in [5, 5.41) is 9.31. The zero-order valence-electron chi connectivity index (χ0n) is 11.5. The van der Waals surface area contributed by atoms with Crippen LogP contribution < -0.4 is 0 Å². The Balaban J connectivity index is 1.76. The monoisotopic (exact) mass is 279 g/mol. The first kappa shape index (κ1) is 13.6. The van der Waals surface area contributed by atoms with E-state index >= 15 is 0 Å². The van der Waals surface area contributed by atoms with E-state index in [-0.39, 0.29) is 18.1 Å². The van der Waals surface area contributed by atoms with Crippen LogP contribution in [0.2, 0.25) is 0 Å². The molecule has 1 saturated heterocycles. The lowest BCUT2D eigenvalue weighted by Crippen LogP contribution is -2.54. The number of rotatable bonds is 2. The highest BCUT2D eigenvalue weighted by Gasteiger charge is 2.43. The van der Waals surface area contributed by atoms with Gasteiger partial charge in [0.25, 0.3) is 0 Å². The Bertz CT molecular complexity index is 434. The summed E-state index contributed by atoms with van der Waals surface area (Å²) >= 11 is 0. The minimum absolute atomic E-state index is 0.0157. The maximum atomic E-state index is 12.8. The molecular formula is C15H21NO4. The topological polar surface area (TPSA) is 66.8 Å². The molecule has 0 aromatic heterocycles. The number of aliphatic carboxylic acids is 1. The second-order valence-corrected chi connectivity index (χ2v) is 5.93. The Morgan fingerprint density at radius 2 is 1.90 bits per heavy atom. The number of carboxylic acids is 1. The van der Waals surface area contributed by atoms with Crippen molar-refractivity contribution in [2.24, 2.45) is 11.8 Å². The molecule has 5 heteroatoms. The van der Waals surface area contributed by atoms with Crippen molar-refractivity contribution in [3.8, 4) is 0 Å². The van der Waals surface area contributed by atoms with Gasteiger partial charge >= 0.3 is 5.97 Å². The van der Waals surface area contributed by atoms with E-state index in [0.717, 1.165) is 19.3 Å². The van der Waals surface area contributed by atoms with E-state index in [0.29, 0.717) is 26.0 Å². The average Bonchev–Trinajstić information content (AvgIpc) is 2.94. The Morgan fingerprint density at radius 3 is 2.65 bits per heavy atom. The molecule has 4 atom stereocenters. The molecule has 0 spiro atoms. The lowest BCUT2D eigenvalue weighted by Gasteiger charge is -2.40. The van der Waals surface area contributed by atoms with Crippen LogP contribution in [0.1, 0.15) is 32.1 Å². The third kappa shape index (κ3) is 2.35. The number of carbonyl (C=O) groups excluding carboxylic acids is 1. The number of carbonyl (C=O) groups is 2. The summed E-state index contributed by atoms with van der Waals surface area (Å²) in [6, 6.07) is 0.164. The number of fused-ring (bicyclic) bond motifs is 1. The van der Waals surface area contributed by atoms with E-state index in [1.807, 2.05) is 17.1 Å². The van der Waals surface area contributed by atoms with Crippen LogP contribution >= 0.6 is 0 Å². The van der Waals surface area contributed by atoms with Gasteiger partial charge in [0.1, 0.15) is 0 Å². The predicted octanol–water partition coefficient (Wildman–Crippen LogP) is 1.43. The van der Waals surface area contributed by atoms with Gasteiger partial charge in [-0.05, 0) is 32.1 Å². The van der Waals surface area contributed by atoms with Gasteiger partial charge in [-0.2, -0.15) is 0 Å². The molecular weight excluding hydrogens is 258 g/mol. The summed E-state index contributed by atoms with van der Waals surface area (Å²) in [5.41, 5.74) is 0. The van der Waals surface area contributed by atoms with Gasteiger partial charge in [0.15, 0.2) is 0 Å². The summed E-state index contributed by atoms with van der Waals surface area (Å²) in [6.07, 6.45) is 8.07. The molecule has 1 amide bonds. The fourth-order valence-corrected chi connectivity index (χ4v) is 3.77. The molecule has 1 aliphatic heterocycles. The van der Waals surface area contributed by atoms with Gasteiger partial charge in [0, 0.05) is 6.54 Å². The van der Waals surface area contributed by atoms with E-state index in [9.17, 15) is 14.7 Å². The molecule has 0 aromatic rings. The molecule has 3 aliphatic rings. The first-order valence-electron chi connectivity index (χ1n) is 7.48. The molecule has 2 fully saturated rings. The van der Waals surface area contributed by atoms with Crippen molar-refractivity contribution in [3.05, 3.63) is 12.2 Å². The van der Waals surface area contributed by atoms with Crippen LogP contribution in [0.4, 0.5) is 0 Å². The minimum atomic E-state index is -0.857. The van der Waals surface area contributed by atoms with Crippen molar-refractivity contribution in [1.82, 2.24) is 4.90 Å². The molecule has 0 aromatic carbocycles. The molecule has 0 radical (unpaired) electrons. The van der Waals surface area contributed by atoms with E-state index in [4.69, 9.17) is 4.74 Å². The van der Waals surface area contributed by atoms with Crippen LogP contribution in [0.5, 0.6) is 0 Å². The Hall–Kier alpha value is -1.36. The van der Waals surface area contributed by atoms with Crippen molar-refractivity contribution in [1.29, 1.82) is 0 Å². The average molecular weight is 279 g/mol. The molecule has 110 valence electrons. The van der Waals surface area contributed by atoms with Gasteiger partial charge in [-0.15, -0.1) is 0 Å². The molecule has 2 unspecified atom stereocenters. The maximum Gasteiger partial charge on any atom is 0.307 e. The SMILES string of the molecule is O=C(O)[C@H]1CC=CC[C@H]1C(=O)N1CCOC2CCCC21. The number of amides is 1. The third-order valence-electron chi connectivity index (χ3n) is 4.83. The first-order valence-corrected chi connectivity index (χ1v) is 7.48. The Kier molecular flexibility index (Phi) is 3.78. The molecule has 1 N–H and O–H groups in total. The van der Waals surface area contributed by atoms with Crippen molar-refractivity contribution < 1.29 is 19.4 Å². The lowest BCUT2D eigenvalue weighted by molar-refractivity contribution is -0.157. The van der Waals surface area contributed by atoms with Gasteiger partial charge in [-0.1, -0.05) is 12.2 Å². The van der Waals surface area contributed by atoms with E-state index in [1.165, 1.54) is 0 Å². The number of hydrogen-bond acceptors (Lipinski definition) is 3. The highest BCUT2D eigenvalue weighted by atomic mass is 16.5. The minimum Gasteiger partial charge on any atom is -0.481 e. The van der Waals surface area contributed by atoms with Crippen LogP contribution in [0.25, 0.3) is 0 Å². The van der Waals surface area contributed by atoms with Crippen LogP contribution in [0, 0.1) is 11.8 Å². The van der Waals surface area contributed by atoms with E-state index < -0.39 is 17.8 Å². The molecule has 1 heterocycles. The van der Waals surface area contributed by atoms with Crippen molar-refractivity contribution in [3.63, 3.8) is 0 Å². The van der Waals surface area contributed by atoms with Gasteiger partial charge in [0.05, 0.1) is 30.6 Å². The quantitative estimate of drug-likeness (QED) is 0.777. The van der Waals surface area contributed by atoms with Crippen molar-refractivity contribution in [2.45, 2.75) is 44.2 Å². The summed E-state index contributed by atoms with van der Waals surface area (Å²) in [6.45, 7) is 1.18. The normalized spacial score (nSPS) is 36.7. The fourth-order valence-electron chi connectivity index (χ4n) is 3.77. The summed E-state index contributed by atoms with van der Waals surface area (Å²) in [7, 11) is 0. The highest BCUT2D eigenvalue weighted by molar-refractivity contribution is 5.85. The second-order valence-electron chi connectivity index (χ2n) is 5.93. The third-order valence-corrected chi connectivity index (χ3v) is 4.83. The number of allylic oxidation sites excluding steroid dienone is 2. The number of nitrogens with zero attached hydrogens (tertiary/aromatic N) is 1. The van der Waals surface area contributed by atoms with Crippen molar-refractivity contribution in [2.75, 3.05) is 13.2 Å². The lowest BCUT2D eigenvalue weighted by atomic mass is 9.81. The van der Waals surface area contributed by atoms with Gasteiger partial charge < -0.3 is 14.7 Å². The number of hydrogen-bond donors (Lipinski definition) is 1. The molecule has 2 aliphatic carbocycles.